The van der Waals surface area contributed by atoms with Crippen molar-refractivity contribution in [2.45, 2.75) is 43.2 Å². The highest BCUT2D eigenvalue weighted by atomic mass is 32.2. The summed E-state index contributed by atoms with van der Waals surface area (Å²) >= 11 is 0. The Hall–Kier alpha value is -3.07. The summed E-state index contributed by atoms with van der Waals surface area (Å²) < 4.78 is 38.7. The van der Waals surface area contributed by atoms with Crippen LogP contribution in [0.15, 0.2) is 58.4 Å². The molecule has 2 aromatic rings. The van der Waals surface area contributed by atoms with Crippen molar-refractivity contribution in [2.24, 2.45) is 4.99 Å². The maximum absolute atomic E-state index is 12.9. The average Bonchev–Trinajstić information content (AvgIpc) is 3.04. The van der Waals surface area contributed by atoms with Crippen molar-refractivity contribution in [3.8, 4) is 11.5 Å². The molecule has 0 saturated carbocycles. The molecule has 9 heteroatoms. The number of nitrogens with one attached hydrogen (secondary N) is 2. The van der Waals surface area contributed by atoms with Gasteiger partial charge in [0.05, 0.1) is 11.4 Å². The molecule has 4 rings (SSSR count). The SMILES string of the molecule is CCCCC(N=C1NS(=O)(=O)c2ccccc21)C(=O)NCC1COc2ccccc2O1. The zero-order valence-corrected chi connectivity index (χ0v) is 18.0. The highest BCUT2D eigenvalue weighted by Gasteiger charge is 2.32. The van der Waals surface area contributed by atoms with Gasteiger partial charge in [0.2, 0.25) is 5.91 Å². The van der Waals surface area contributed by atoms with Gasteiger partial charge in [-0.05, 0) is 30.7 Å². The maximum atomic E-state index is 12.9. The van der Waals surface area contributed by atoms with Crippen LogP contribution in [-0.2, 0) is 14.8 Å². The first kappa shape index (κ1) is 21.2. The zero-order valence-electron chi connectivity index (χ0n) is 17.2. The van der Waals surface area contributed by atoms with E-state index in [4.69, 9.17) is 9.47 Å². The van der Waals surface area contributed by atoms with Gasteiger partial charge in [0.25, 0.3) is 10.0 Å². The molecule has 2 aliphatic heterocycles. The lowest BCUT2D eigenvalue weighted by Crippen LogP contribution is -2.44. The Morgan fingerprint density at radius 3 is 2.74 bits per heavy atom. The Morgan fingerprint density at radius 2 is 1.94 bits per heavy atom. The summed E-state index contributed by atoms with van der Waals surface area (Å²) in [7, 11) is -3.65. The molecule has 0 spiro atoms. The van der Waals surface area contributed by atoms with E-state index < -0.39 is 16.1 Å². The van der Waals surface area contributed by atoms with Crippen molar-refractivity contribution in [3.05, 3.63) is 54.1 Å². The first-order valence-corrected chi connectivity index (χ1v) is 11.8. The number of fused-ring (bicyclic) bond motifs is 2. The van der Waals surface area contributed by atoms with E-state index in [9.17, 15) is 13.2 Å². The molecule has 2 atom stereocenters. The summed E-state index contributed by atoms with van der Waals surface area (Å²) in [6.07, 6.45) is 1.89. The molecule has 2 heterocycles. The fourth-order valence-corrected chi connectivity index (χ4v) is 4.77. The van der Waals surface area contributed by atoms with Crippen LogP contribution in [0.5, 0.6) is 11.5 Å². The normalized spacial score (nSPS) is 20.5. The second kappa shape index (κ2) is 8.97. The summed E-state index contributed by atoms with van der Waals surface area (Å²) in [6, 6.07) is 13.3. The fraction of sp³-hybridized carbons (Fsp3) is 0.364. The number of unbranched alkanes of at least 4 members (excludes halogenated alkanes) is 1. The zero-order chi connectivity index (χ0) is 21.8. The van der Waals surface area contributed by atoms with E-state index in [1.165, 1.54) is 6.07 Å². The minimum atomic E-state index is -3.65. The topological polar surface area (TPSA) is 106 Å². The summed E-state index contributed by atoms with van der Waals surface area (Å²) in [5, 5.41) is 2.88. The molecule has 0 radical (unpaired) electrons. The van der Waals surface area contributed by atoms with Gasteiger partial charge in [0.1, 0.15) is 24.6 Å². The average molecular weight is 444 g/mol. The lowest BCUT2D eigenvalue weighted by atomic mass is 10.1. The molecular formula is C22H25N3O5S. The maximum Gasteiger partial charge on any atom is 0.263 e. The predicted molar refractivity (Wildman–Crippen MR) is 116 cm³/mol. The number of nitrogens with zero attached hydrogens (tertiary/aromatic N) is 1. The molecule has 0 bridgehead atoms. The third kappa shape index (κ3) is 4.66. The van der Waals surface area contributed by atoms with Gasteiger partial charge in [0.15, 0.2) is 11.5 Å². The molecule has 1 amide bonds. The number of rotatable bonds is 7. The molecule has 8 nitrogen and oxygen atoms in total. The Morgan fingerprint density at radius 1 is 1.19 bits per heavy atom. The standard InChI is InChI=1S/C22H25N3O5S/c1-2-3-9-17(24-21-16-8-4-7-12-20(16)31(27,28)25-21)22(26)23-13-15-14-29-18-10-5-6-11-19(18)30-15/h4-8,10-12,15,17H,2-3,9,13-14H2,1H3,(H,23,26)(H,24,25). The third-order valence-corrected chi connectivity index (χ3v) is 6.55. The number of carbonyl (C=O) groups excluding carboxylic acids is 1. The molecular weight excluding hydrogens is 418 g/mol. The minimum Gasteiger partial charge on any atom is -0.486 e. The van der Waals surface area contributed by atoms with Gasteiger partial charge in [-0.2, -0.15) is 0 Å². The van der Waals surface area contributed by atoms with Crippen LogP contribution >= 0.6 is 0 Å². The van der Waals surface area contributed by atoms with Crippen LogP contribution in [0.25, 0.3) is 0 Å². The van der Waals surface area contributed by atoms with Crippen LogP contribution in [0, 0.1) is 0 Å². The van der Waals surface area contributed by atoms with E-state index in [0.29, 0.717) is 30.1 Å². The summed E-state index contributed by atoms with van der Waals surface area (Å²) in [5.41, 5.74) is 0.484. The fourth-order valence-electron chi connectivity index (χ4n) is 3.53. The molecule has 2 unspecified atom stereocenters. The van der Waals surface area contributed by atoms with Crippen LogP contribution in [0.4, 0.5) is 0 Å². The number of hydrogen-bond donors (Lipinski definition) is 2. The Balaban J connectivity index is 1.46. The molecule has 0 fully saturated rings. The highest BCUT2D eigenvalue weighted by Crippen LogP contribution is 2.30. The summed E-state index contributed by atoms with van der Waals surface area (Å²) in [4.78, 5) is 17.6. The quantitative estimate of drug-likeness (QED) is 0.683. The minimum absolute atomic E-state index is 0.176. The predicted octanol–water partition coefficient (Wildman–Crippen LogP) is 2.24. The van der Waals surface area contributed by atoms with Crippen molar-refractivity contribution >= 4 is 21.8 Å². The molecule has 0 aliphatic carbocycles. The van der Waals surface area contributed by atoms with Crippen molar-refractivity contribution in [2.75, 3.05) is 13.2 Å². The Bertz CT molecular complexity index is 1100. The van der Waals surface area contributed by atoms with Gasteiger partial charge in [-0.25, -0.2) is 8.42 Å². The van der Waals surface area contributed by atoms with Crippen molar-refractivity contribution in [3.63, 3.8) is 0 Å². The summed E-state index contributed by atoms with van der Waals surface area (Å²) in [6.45, 7) is 2.63. The molecule has 31 heavy (non-hydrogen) atoms. The third-order valence-electron chi connectivity index (χ3n) is 5.15. The van der Waals surface area contributed by atoms with E-state index >= 15 is 0 Å². The van der Waals surface area contributed by atoms with Crippen LogP contribution in [0.1, 0.15) is 31.7 Å². The van der Waals surface area contributed by atoms with E-state index in [1.54, 1.807) is 18.2 Å². The number of benzene rings is 2. The Kier molecular flexibility index (Phi) is 6.13. The molecule has 0 aromatic heterocycles. The number of ether oxygens (including phenoxy) is 2. The molecule has 2 N–H and O–H groups in total. The van der Waals surface area contributed by atoms with Gasteiger partial charge < -0.3 is 14.8 Å². The number of sulfonamides is 1. The molecule has 2 aliphatic rings. The van der Waals surface area contributed by atoms with Crippen LogP contribution < -0.4 is 19.5 Å². The highest BCUT2D eigenvalue weighted by molar-refractivity contribution is 7.90. The van der Waals surface area contributed by atoms with E-state index in [0.717, 1.165) is 12.8 Å². The number of hydrogen-bond acceptors (Lipinski definition) is 6. The van der Waals surface area contributed by atoms with E-state index in [2.05, 4.69) is 15.0 Å². The lowest BCUT2D eigenvalue weighted by Gasteiger charge is -2.27. The van der Waals surface area contributed by atoms with E-state index in [1.807, 2.05) is 31.2 Å². The summed E-state index contributed by atoms with van der Waals surface area (Å²) in [5.74, 6) is 1.27. The first-order valence-electron chi connectivity index (χ1n) is 10.3. The Labute approximate surface area is 181 Å². The van der Waals surface area contributed by atoms with Gasteiger partial charge >= 0.3 is 0 Å². The monoisotopic (exact) mass is 443 g/mol. The van der Waals surface area contributed by atoms with Crippen molar-refractivity contribution in [1.29, 1.82) is 0 Å². The van der Waals surface area contributed by atoms with Crippen molar-refractivity contribution in [1.82, 2.24) is 10.0 Å². The second-order valence-corrected chi connectivity index (χ2v) is 9.13. The number of para-hydroxylation sites is 2. The molecule has 0 saturated heterocycles. The van der Waals surface area contributed by atoms with Crippen LogP contribution in [-0.4, -0.2) is 45.5 Å². The van der Waals surface area contributed by atoms with E-state index in [-0.39, 0.29) is 29.3 Å². The molecule has 164 valence electrons. The number of amides is 1. The number of amidine groups is 1. The van der Waals surface area contributed by atoms with Gasteiger partial charge in [-0.15, -0.1) is 0 Å². The largest absolute Gasteiger partial charge is 0.486 e. The van der Waals surface area contributed by atoms with Crippen molar-refractivity contribution < 1.29 is 22.7 Å². The van der Waals surface area contributed by atoms with Gasteiger partial charge in [-0.3, -0.25) is 14.5 Å². The smallest absolute Gasteiger partial charge is 0.263 e. The second-order valence-electron chi connectivity index (χ2n) is 7.48. The number of aliphatic imine (C=N–C) groups is 1. The number of carbonyl (C=O) groups is 1. The van der Waals surface area contributed by atoms with Crippen LogP contribution in [0.2, 0.25) is 0 Å². The van der Waals surface area contributed by atoms with Gasteiger partial charge in [-0.1, -0.05) is 44.0 Å². The first-order chi connectivity index (χ1) is 15.0. The molecule has 2 aromatic carbocycles. The lowest BCUT2D eigenvalue weighted by molar-refractivity contribution is -0.122. The van der Waals surface area contributed by atoms with Crippen LogP contribution in [0.3, 0.4) is 0 Å². The van der Waals surface area contributed by atoms with Gasteiger partial charge in [0, 0.05) is 5.56 Å².